The van der Waals surface area contributed by atoms with Crippen LogP contribution in [0.5, 0.6) is 0 Å². The maximum Gasteiger partial charge on any atom is 0.268 e. The molecule has 0 aromatic heterocycles. The van der Waals surface area contributed by atoms with E-state index in [9.17, 15) is 18.0 Å². The molecule has 186 valence electrons. The van der Waals surface area contributed by atoms with Gasteiger partial charge in [-0.25, -0.2) is 0 Å². The summed E-state index contributed by atoms with van der Waals surface area (Å²) in [5.74, 6) is -1.09. The summed E-state index contributed by atoms with van der Waals surface area (Å²) in [5.41, 5.74) is 0.979. The first-order valence-corrected chi connectivity index (χ1v) is 14.4. The van der Waals surface area contributed by atoms with Crippen molar-refractivity contribution in [3.63, 3.8) is 0 Å². The summed E-state index contributed by atoms with van der Waals surface area (Å²) in [6.45, 7) is 5.39. The van der Waals surface area contributed by atoms with E-state index in [-0.39, 0.29) is 34.7 Å². The molecule has 0 unspecified atom stereocenters. The van der Waals surface area contributed by atoms with Gasteiger partial charge in [0, 0.05) is 24.5 Å². The van der Waals surface area contributed by atoms with Crippen molar-refractivity contribution in [3.05, 3.63) is 34.9 Å². The van der Waals surface area contributed by atoms with Crippen molar-refractivity contribution in [2.75, 3.05) is 30.3 Å². The van der Waals surface area contributed by atoms with Gasteiger partial charge in [0.25, 0.3) is 21.9 Å². The molecule has 8 nitrogen and oxygen atoms in total. The first-order chi connectivity index (χ1) is 16.2. The normalized spacial score (nSPS) is 16.7. The minimum Gasteiger partial charge on any atom is -0.334 e. The molecule has 0 aliphatic carbocycles. The molecule has 0 atom stereocenters. The van der Waals surface area contributed by atoms with E-state index in [1.165, 1.54) is 21.6 Å². The van der Waals surface area contributed by atoms with Gasteiger partial charge in [0.1, 0.15) is 5.57 Å². The molecule has 3 rings (SSSR count). The zero-order valence-electron chi connectivity index (χ0n) is 19.5. The second-order valence-corrected chi connectivity index (χ2v) is 11.3. The van der Waals surface area contributed by atoms with E-state index in [4.69, 9.17) is 16.8 Å². The molecule has 1 aromatic carbocycles. The number of hydrogen-bond acceptors (Lipinski definition) is 7. The Bertz CT molecular complexity index is 1060. The third kappa shape index (κ3) is 5.99. The van der Waals surface area contributed by atoms with Crippen molar-refractivity contribution in [2.45, 2.75) is 57.3 Å². The lowest BCUT2D eigenvalue weighted by Gasteiger charge is -2.38. The van der Waals surface area contributed by atoms with Crippen LogP contribution in [0.3, 0.4) is 0 Å². The van der Waals surface area contributed by atoms with Crippen molar-refractivity contribution in [1.29, 1.82) is 0 Å². The molecule has 11 heteroatoms. The van der Waals surface area contributed by atoms with Crippen LogP contribution in [0.15, 0.2) is 39.8 Å². The van der Waals surface area contributed by atoms with Crippen LogP contribution in [0.25, 0.3) is 0 Å². The lowest BCUT2D eigenvalue weighted by atomic mass is 10.1. The van der Waals surface area contributed by atoms with Crippen LogP contribution in [-0.2, 0) is 19.7 Å². The van der Waals surface area contributed by atoms with Gasteiger partial charge >= 0.3 is 0 Å². The van der Waals surface area contributed by atoms with Crippen molar-refractivity contribution >= 4 is 56.7 Å². The monoisotopic (exact) mass is 525 g/mol. The third-order valence-corrected chi connectivity index (χ3v) is 8.13. The molecule has 0 spiro atoms. The number of hydrogen-bond donors (Lipinski definition) is 1. The number of carbonyl (C=O) groups is 2. The Kier molecular flexibility index (Phi) is 9.14. The zero-order valence-corrected chi connectivity index (χ0v) is 22.0. The van der Waals surface area contributed by atoms with Crippen molar-refractivity contribution in [2.24, 2.45) is 0 Å². The van der Waals surface area contributed by atoms with Gasteiger partial charge in [-0.1, -0.05) is 50.6 Å². The highest BCUT2D eigenvalue weighted by molar-refractivity contribution is 8.03. The molecule has 1 fully saturated rings. The summed E-state index contributed by atoms with van der Waals surface area (Å²) in [4.78, 5) is 33.1. The number of thioether (sulfide) groups is 1. The summed E-state index contributed by atoms with van der Waals surface area (Å²) < 4.78 is 31.3. The lowest BCUT2D eigenvalue weighted by Crippen LogP contribution is -2.57. The van der Waals surface area contributed by atoms with Gasteiger partial charge < -0.3 is 4.90 Å². The second-order valence-electron chi connectivity index (χ2n) is 8.30. The van der Waals surface area contributed by atoms with E-state index in [2.05, 4.69) is 0 Å². The van der Waals surface area contributed by atoms with Crippen LogP contribution in [-0.4, -0.2) is 65.1 Å². The predicted molar refractivity (Wildman–Crippen MR) is 138 cm³/mol. The van der Waals surface area contributed by atoms with E-state index in [1.54, 1.807) is 0 Å². The number of unbranched alkanes of at least 4 members (excludes halogenated alkanes) is 3. The van der Waals surface area contributed by atoms with Crippen LogP contribution in [0.2, 0.25) is 0 Å². The van der Waals surface area contributed by atoms with E-state index < -0.39 is 10.1 Å². The Morgan fingerprint density at radius 3 is 2.00 bits per heavy atom. The van der Waals surface area contributed by atoms with E-state index in [1.807, 2.05) is 43.0 Å². The van der Waals surface area contributed by atoms with Crippen LogP contribution in [0.1, 0.15) is 52.4 Å². The number of amides is 2. The van der Waals surface area contributed by atoms with Gasteiger partial charge in [0.15, 0.2) is 5.11 Å². The van der Waals surface area contributed by atoms with Crippen LogP contribution >= 0.6 is 24.0 Å². The highest BCUT2D eigenvalue weighted by Crippen LogP contribution is 2.48. The predicted octanol–water partition coefficient (Wildman–Crippen LogP) is 4.03. The fraction of sp³-hybridized carbons (Fsp3) is 0.522. The largest absolute Gasteiger partial charge is 0.334 e. The molecule has 0 bridgehead atoms. The minimum absolute atomic E-state index is 0.108. The first-order valence-electron chi connectivity index (χ1n) is 11.6. The number of fused-ring (bicyclic) bond motifs is 1. The molecule has 2 heterocycles. The SMILES string of the molecule is CCCCN1C(=O)C(=C2Sc3ccccc3N2CCCCS(=O)(=O)O)C(=O)N(CCCC)C1=S. The van der Waals surface area contributed by atoms with Crippen molar-refractivity contribution in [3.8, 4) is 0 Å². The summed E-state index contributed by atoms with van der Waals surface area (Å²) in [7, 11) is -4.04. The van der Waals surface area contributed by atoms with Crippen LogP contribution in [0.4, 0.5) is 5.69 Å². The summed E-state index contributed by atoms with van der Waals surface area (Å²) in [5, 5.41) is 0.815. The Balaban J connectivity index is 2.00. The van der Waals surface area contributed by atoms with Crippen molar-refractivity contribution < 1.29 is 22.6 Å². The van der Waals surface area contributed by atoms with Gasteiger partial charge in [-0.2, -0.15) is 8.42 Å². The number of benzene rings is 1. The molecule has 2 aliphatic heterocycles. The molecule has 0 saturated carbocycles. The molecule has 2 amide bonds. The van der Waals surface area contributed by atoms with Gasteiger partial charge in [0.2, 0.25) is 0 Å². The average Bonchev–Trinajstić information content (AvgIpc) is 3.14. The molecular formula is C23H31N3O5S3. The van der Waals surface area contributed by atoms with Gasteiger partial charge in [0.05, 0.1) is 16.5 Å². The summed E-state index contributed by atoms with van der Waals surface area (Å²) in [6, 6.07) is 7.64. The average molecular weight is 526 g/mol. The van der Waals surface area contributed by atoms with Gasteiger partial charge in [-0.05, 0) is 50.0 Å². The Labute approximate surface area is 211 Å². The van der Waals surface area contributed by atoms with Crippen LogP contribution in [0, 0.1) is 0 Å². The van der Waals surface area contributed by atoms with E-state index in [0.717, 1.165) is 36.3 Å². The molecule has 2 aliphatic rings. The summed E-state index contributed by atoms with van der Waals surface area (Å²) in [6.07, 6.45) is 4.06. The quantitative estimate of drug-likeness (QED) is 0.152. The van der Waals surface area contributed by atoms with Crippen LogP contribution < -0.4 is 4.90 Å². The van der Waals surface area contributed by atoms with Gasteiger partial charge in [-0.3, -0.25) is 23.9 Å². The molecular weight excluding hydrogens is 494 g/mol. The highest BCUT2D eigenvalue weighted by Gasteiger charge is 2.43. The standard InChI is InChI=1S/C23H31N3O5S3/c1-3-5-13-25-20(27)19(21(28)26(23(25)32)14-6-4-2)22-24(15-9-10-16-34(29,30)31)17-11-7-8-12-18(17)33-22/h7-8,11-12H,3-6,9-10,13-16H2,1-2H3,(H,29,30,31). The van der Waals surface area contributed by atoms with Gasteiger partial charge in [-0.15, -0.1) is 0 Å². The number of thiocarbonyl (C=S) groups is 1. The second kappa shape index (κ2) is 11.7. The Hall–Kier alpha value is -1.95. The number of para-hydroxylation sites is 1. The topological polar surface area (TPSA) is 98.2 Å². The fourth-order valence-corrected chi connectivity index (χ4v) is 6.02. The Morgan fingerprint density at radius 1 is 0.882 bits per heavy atom. The number of anilines is 1. The molecule has 1 aromatic rings. The number of nitrogens with zero attached hydrogens (tertiary/aromatic N) is 3. The first kappa shape index (κ1) is 26.7. The smallest absolute Gasteiger partial charge is 0.268 e. The van der Waals surface area contributed by atoms with Crippen molar-refractivity contribution in [1.82, 2.24) is 9.80 Å². The third-order valence-electron chi connectivity index (χ3n) is 5.71. The fourth-order valence-electron chi connectivity index (χ4n) is 3.89. The lowest BCUT2D eigenvalue weighted by molar-refractivity contribution is -0.134. The summed E-state index contributed by atoms with van der Waals surface area (Å²) >= 11 is 6.94. The van der Waals surface area contributed by atoms with E-state index >= 15 is 0 Å². The molecule has 0 radical (unpaired) electrons. The highest BCUT2D eigenvalue weighted by atomic mass is 32.2. The van der Waals surface area contributed by atoms with E-state index in [0.29, 0.717) is 31.1 Å². The minimum atomic E-state index is -4.04. The number of rotatable bonds is 11. The molecule has 1 saturated heterocycles. The molecule has 1 N–H and O–H groups in total. The molecule has 34 heavy (non-hydrogen) atoms. The maximum absolute atomic E-state index is 13.6. The Morgan fingerprint density at radius 2 is 1.44 bits per heavy atom. The number of carbonyl (C=O) groups excluding carboxylic acids is 2. The maximum atomic E-state index is 13.6. The zero-order chi connectivity index (χ0) is 24.9.